The Morgan fingerprint density at radius 1 is 1.59 bits per heavy atom. The van der Waals surface area contributed by atoms with Crippen molar-refractivity contribution < 1.29 is 4.74 Å². The lowest BCUT2D eigenvalue weighted by molar-refractivity contribution is 0.164. The van der Waals surface area contributed by atoms with Crippen LogP contribution in [0.4, 0.5) is 5.69 Å². The van der Waals surface area contributed by atoms with Gasteiger partial charge in [-0.15, -0.1) is 0 Å². The highest BCUT2D eigenvalue weighted by molar-refractivity contribution is 9.10. The molecule has 94 valence electrons. The molecule has 0 spiro atoms. The zero-order valence-corrected chi connectivity index (χ0v) is 12.4. The zero-order valence-electron chi connectivity index (χ0n) is 10.00. The Bertz CT molecular complexity index is 398. The Morgan fingerprint density at radius 2 is 2.29 bits per heavy atom. The molecule has 0 fully saturated rings. The quantitative estimate of drug-likeness (QED) is 0.792. The van der Waals surface area contributed by atoms with Crippen LogP contribution in [-0.4, -0.2) is 25.2 Å². The molecule has 5 heteroatoms. The van der Waals surface area contributed by atoms with E-state index in [1.54, 1.807) is 7.11 Å². The van der Waals surface area contributed by atoms with Crippen LogP contribution in [-0.2, 0) is 4.74 Å². The van der Waals surface area contributed by atoms with Gasteiger partial charge in [-0.25, -0.2) is 0 Å². The summed E-state index contributed by atoms with van der Waals surface area (Å²) in [4.78, 5) is 0.399. The second-order valence-electron chi connectivity index (χ2n) is 4.00. The lowest BCUT2D eigenvalue weighted by Gasteiger charge is -2.13. The van der Waals surface area contributed by atoms with Crippen molar-refractivity contribution in [1.82, 2.24) is 0 Å². The number of anilines is 1. The predicted molar refractivity (Wildman–Crippen MR) is 79.6 cm³/mol. The van der Waals surface area contributed by atoms with Gasteiger partial charge >= 0.3 is 0 Å². The monoisotopic (exact) mass is 316 g/mol. The van der Waals surface area contributed by atoms with Crippen LogP contribution in [0.3, 0.4) is 0 Å². The van der Waals surface area contributed by atoms with Gasteiger partial charge in [0.2, 0.25) is 0 Å². The normalized spacial score (nSPS) is 12.2. The molecule has 0 aromatic heterocycles. The number of nitrogens with two attached hydrogens (primary N) is 1. The third-order valence-electron chi connectivity index (χ3n) is 2.34. The molecule has 3 nitrogen and oxygen atoms in total. The van der Waals surface area contributed by atoms with E-state index in [0.29, 0.717) is 10.9 Å². The molecule has 3 N–H and O–H groups in total. The van der Waals surface area contributed by atoms with E-state index in [0.717, 1.165) is 28.9 Å². The molecule has 1 unspecified atom stereocenters. The van der Waals surface area contributed by atoms with Crippen LogP contribution in [0.5, 0.6) is 0 Å². The van der Waals surface area contributed by atoms with Crippen molar-refractivity contribution >= 4 is 38.8 Å². The summed E-state index contributed by atoms with van der Waals surface area (Å²) in [6.45, 7) is 3.75. The van der Waals surface area contributed by atoms with Gasteiger partial charge in [0.1, 0.15) is 4.99 Å². The molecular formula is C12H17BrN2OS. The number of benzene rings is 1. The van der Waals surface area contributed by atoms with E-state index in [1.807, 2.05) is 18.2 Å². The highest BCUT2D eigenvalue weighted by Crippen LogP contribution is 2.21. The van der Waals surface area contributed by atoms with Gasteiger partial charge in [-0.3, -0.25) is 0 Å². The SMILES string of the molecule is COCC(C)CNc1ccc(C(N)=S)c(Br)c1. The van der Waals surface area contributed by atoms with Crippen LogP contribution in [0.2, 0.25) is 0 Å². The van der Waals surface area contributed by atoms with Gasteiger partial charge in [-0.1, -0.05) is 19.1 Å². The Morgan fingerprint density at radius 3 is 2.82 bits per heavy atom. The van der Waals surface area contributed by atoms with Crippen molar-refractivity contribution in [1.29, 1.82) is 0 Å². The van der Waals surface area contributed by atoms with Gasteiger partial charge in [0.05, 0.1) is 6.61 Å². The summed E-state index contributed by atoms with van der Waals surface area (Å²) < 4.78 is 5.99. The number of ether oxygens (including phenoxy) is 1. The molecule has 0 aliphatic heterocycles. The van der Waals surface area contributed by atoms with Crippen molar-refractivity contribution in [3.63, 3.8) is 0 Å². The fraction of sp³-hybridized carbons (Fsp3) is 0.417. The highest BCUT2D eigenvalue weighted by atomic mass is 79.9. The first-order valence-electron chi connectivity index (χ1n) is 5.36. The van der Waals surface area contributed by atoms with Gasteiger partial charge in [-0.2, -0.15) is 0 Å². The van der Waals surface area contributed by atoms with Crippen molar-refractivity contribution in [3.05, 3.63) is 28.2 Å². The summed E-state index contributed by atoms with van der Waals surface area (Å²) in [6.07, 6.45) is 0. The van der Waals surface area contributed by atoms with Crippen LogP contribution < -0.4 is 11.1 Å². The van der Waals surface area contributed by atoms with Crippen molar-refractivity contribution in [3.8, 4) is 0 Å². The Kier molecular flexibility index (Phi) is 5.88. The Labute approximate surface area is 116 Å². The second-order valence-corrected chi connectivity index (χ2v) is 5.29. The average Bonchev–Trinajstić information content (AvgIpc) is 2.26. The summed E-state index contributed by atoms with van der Waals surface area (Å²) in [5.74, 6) is 0.467. The van der Waals surface area contributed by atoms with Gasteiger partial charge in [-0.05, 0) is 40.0 Å². The number of thiocarbonyl (C=S) groups is 1. The van der Waals surface area contributed by atoms with Crippen molar-refractivity contribution in [2.75, 3.05) is 25.6 Å². The Hall–Kier alpha value is -0.650. The third-order valence-corrected chi connectivity index (χ3v) is 3.22. The zero-order chi connectivity index (χ0) is 12.8. The first-order chi connectivity index (χ1) is 8.04. The third kappa shape index (κ3) is 4.61. The van der Waals surface area contributed by atoms with Crippen LogP contribution in [0.25, 0.3) is 0 Å². The van der Waals surface area contributed by atoms with Crippen LogP contribution in [0, 0.1) is 5.92 Å². The van der Waals surface area contributed by atoms with E-state index in [-0.39, 0.29) is 0 Å². The summed E-state index contributed by atoms with van der Waals surface area (Å²) in [7, 11) is 1.71. The maximum atomic E-state index is 5.59. The van der Waals surface area contributed by atoms with Crippen LogP contribution in [0.1, 0.15) is 12.5 Å². The minimum absolute atomic E-state index is 0.399. The Balaban J connectivity index is 2.62. The number of rotatable bonds is 6. The van der Waals surface area contributed by atoms with E-state index >= 15 is 0 Å². The number of hydrogen-bond donors (Lipinski definition) is 2. The van der Waals surface area contributed by atoms with Gasteiger partial charge in [0.15, 0.2) is 0 Å². The molecule has 1 aromatic carbocycles. The number of methoxy groups -OCH3 is 1. The molecule has 0 bridgehead atoms. The number of halogens is 1. The largest absolute Gasteiger partial charge is 0.389 e. The summed E-state index contributed by atoms with van der Waals surface area (Å²) in [6, 6.07) is 5.86. The first-order valence-corrected chi connectivity index (χ1v) is 6.57. The molecule has 0 radical (unpaired) electrons. The van der Waals surface area contributed by atoms with Crippen molar-refractivity contribution in [2.24, 2.45) is 11.7 Å². The van der Waals surface area contributed by atoms with Crippen LogP contribution >= 0.6 is 28.1 Å². The van der Waals surface area contributed by atoms with E-state index in [1.165, 1.54) is 0 Å². The summed E-state index contributed by atoms with van der Waals surface area (Å²) in [5.41, 5.74) is 7.49. The molecule has 1 atom stereocenters. The standard InChI is InChI=1S/C12H17BrN2OS/c1-8(7-16-2)6-15-9-3-4-10(12(14)17)11(13)5-9/h3-5,8,15H,6-7H2,1-2H3,(H2,14,17). The topological polar surface area (TPSA) is 47.3 Å². The molecule has 0 aliphatic carbocycles. The van der Waals surface area contributed by atoms with Crippen molar-refractivity contribution in [2.45, 2.75) is 6.92 Å². The van der Waals surface area contributed by atoms with Gasteiger partial charge in [0, 0.05) is 29.4 Å². The van der Waals surface area contributed by atoms with E-state index in [4.69, 9.17) is 22.7 Å². The summed E-state index contributed by atoms with van der Waals surface area (Å²) >= 11 is 8.40. The maximum absolute atomic E-state index is 5.59. The van der Waals surface area contributed by atoms with Crippen LogP contribution in [0.15, 0.2) is 22.7 Å². The molecule has 17 heavy (non-hydrogen) atoms. The summed E-state index contributed by atoms with van der Waals surface area (Å²) in [5, 5.41) is 3.34. The van der Waals surface area contributed by atoms with Gasteiger partial charge < -0.3 is 15.8 Å². The lowest BCUT2D eigenvalue weighted by atomic mass is 10.1. The number of nitrogens with one attached hydrogen (secondary N) is 1. The van der Waals surface area contributed by atoms with E-state index in [9.17, 15) is 0 Å². The minimum atomic E-state index is 0.399. The number of hydrogen-bond acceptors (Lipinski definition) is 3. The fourth-order valence-electron chi connectivity index (χ4n) is 1.46. The highest BCUT2D eigenvalue weighted by Gasteiger charge is 2.05. The average molecular weight is 317 g/mol. The molecule has 0 aliphatic rings. The van der Waals surface area contributed by atoms with E-state index in [2.05, 4.69) is 28.2 Å². The maximum Gasteiger partial charge on any atom is 0.105 e. The molecule has 0 saturated heterocycles. The fourth-order valence-corrected chi connectivity index (χ4v) is 2.36. The van der Waals surface area contributed by atoms with E-state index < -0.39 is 0 Å². The molecule has 0 amide bonds. The molecule has 1 aromatic rings. The molecule has 1 rings (SSSR count). The first kappa shape index (κ1) is 14.4. The lowest BCUT2D eigenvalue weighted by Crippen LogP contribution is -2.16. The minimum Gasteiger partial charge on any atom is -0.389 e. The second kappa shape index (κ2) is 6.93. The molecule has 0 saturated carbocycles. The molecular weight excluding hydrogens is 300 g/mol. The smallest absolute Gasteiger partial charge is 0.105 e. The van der Waals surface area contributed by atoms with Gasteiger partial charge in [0.25, 0.3) is 0 Å². The molecule has 0 heterocycles. The predicted octanol–water partition coefficient (Wildman–Crippen LogP) is 2.78.